The normalized spacial score (nSPS) is 19.8. The van der Waals surface area contributed by atoms with Crippen molar-refractivity contribution in [2.75, 3.05) is 17.2 Å². The summed E-state index contributed by atoms with van der Waals surface area (Å²) in [5.74, 6) is 1.13. The number of fused-ring (bicyclic) bond motifs is 1. The molecule has 0 amide bonds. The van der Waals surface area contributed by atoms with Crippen molar-refractivity contribution >= 4 is 11.5 Å². The number of aryl methyl sites for hydroxylation is 2. The largest absolute Gasteiger partial charge is 0.378 e. The van der Waals surface area contributed by atoms with Crippen LogP contribution in [-0.2, 0) is 13.5 Å². The van der Waals surface area contributed by atoms with E-state index in [0.29, 0.717) is 6.04 Å². The van der Waals surface area contributed by atoms with Crippen molar-refractivity contribution in [1.82, 2.24) is 9.78 Å². The van der Waals surface area contributed by atoms with Gasteiger partial charge in [-0.25, -0.2) is 0 Å². The highest BCUT2D eigenvalue weighted by molar-refractivity contribution is 5.70. The van der Waals surface area contributed by atoms with Crippen LogP contribution in [0.3, 0.4) is 0 Å². The predicted molar refractivity (Wildman–Crippen MR) is 58.8 cm³/mol. The molecule has 1 aliphatic rings. The van der Waals surface area contributed by atoms with Gasteiger partial charge < -0.3 is 10.6 Å². The molecule has 0 radical (unpaired) electrons. The molecule has 0 bridgehead atoms. The number of hydrogen-bond donors (Lipinski definition) is 2. The number of anilines is 2. The molecular weight excluding hydrogens is 176 g/mol. The van der Waals surface area contributed by atoms with Crippen molar-refractivity contribution in [2.45, 2.75) is 32.7 Å². The van der Waals surface area contributed by atoms with Gasteiger partial charge in [-0.3, -0.25) is 4.68 Å². The topological polar surface area (TPSA) is 41.9 Å². The van der Waals surface area contributed by atoms with E-state index in [1.807, 2.05) is 11.7 Å². The molecule has 0 aliphatic carbocycles. The van der Waals surface area contributed by atoms with E-state index >= 15 is 0 Å². The van der Waals surface area contributed by atoms with Crippen LogP contribution in [0.1, 0.15) is 26.0 Å². The fraction of sp³-hybridized carbons (Fsp3) is 0.700. The maximum atomic E-state index is 4.51. The molecule has 14 heavy (non-hydrogen) atoms. The number of nitrogens with zero attached hydrogens (tertiary/aromatic N) is 2. The minimum absolute atomic E-state index is 0.479. The summed E-state index contributed by atoms with van der Waals surface area (Å²) in [7, 11) is 1.99. The van der Waals surface area contributed by atoms with E-state index in [1.54, 1.807) is 0 Å². The fourth-order valence-corrected chi connectivity index (χ4v) is 1.88. The lowest BCUT2D eigenvalue weighted by atomic mass is 10.2. The number of hydrogen-bond acceptors (Lipinski definition) is 3. The van der Waals surface area contributed by atoms with Gasteiger partial charge in [-0.2, -0.15) is 5.10 Å². The van der Waals surface area contributed by atoms with Crippen molar-refractivity contribution in [1.29, 1.82) is 0 Å². The smallest absolute Gasteiger partial charge is 0.148 e. The van der Waals surface area contributed by atoms with Crippen LogP contribution in [0.15, 0.2) is 0 Å². The second-order valence-corrected chi connectivity index (χ2v) is 3.97. The number of aromatic nitrogens is 2. The van der Waals surface area contributed by atoms with Crippen LogP contribution in [-0.4, -0.2) is 22.4 Å². The van der Waals surface area contributed by atoms with Crippen molar-refractivity contribution in [2.24, 2.45) is 7.05 Å². The lowest BCUT2D eigenvalue weighted by Crippen LogP contribution is -2.30. The summed E-state index contributed by atoms with van der Waals surface area (Å²) in [5, 5.41) is 11.4. The Morgan fingerprint density at radius 1 is 1.57 bits per heavy atom. The first-order chi connectivity index (χ1) is 6.72. The van der Waals surface area contributed by atoms with Gasteiger partial charge in [0.2, 0.25) is 0 Å². The van der Waals surface area contributed by atoms with E-state index in [9.17, 15) is 0 Å². The van der Waals surface area contributed by atoms with Crippen molar-refractivity contribution < 1.29 is 0 Å². The highest BCUT2D eigenvalue weighted by Gasteiger charge is 2.21. The molecule has 4 heteroatoms. The maximum absolute atomic E-state index is 4.51. The average Bonchev–Trinajstić information content (AvgIpc) is 2.44. The van der Waals surface area contributed by atoms with E-state index in [-0.39, 0.29) is 0 Å². The van der Waals surface area contributed by atoms with E-state index < -0.39 is 0 Å². The summed E-state index contributed by atoms with van der Waals surface area (Å²) in [6.45, 7) is 5.33. The zero-order valence-corrected chi connectivity index (χ0v) is 9.09. The van der Waals surface area contributed by atoms with Crippen LogP contribution >= 0.6 is 0 Å². The van der Waals surface area contributed by atoms with E-state index in [2.05, 4.69) is 29.6 Å². The Kier molecular flexibility index (Phi) is 2.35. The molecule has 1 atom stereocenters. The molecule has 2 N–H and O–H groups in total. The highest BCUT2D eigenvalue weighted by atomic mass is 15.3. The summed E-state index contributed by atoms with van der Waals surface area (Å²) in [4.78, 5) is 0. The van der Waals surface area contributed by atoms with Crippen LogP contribution < -0.4 is 10.6 Å². The van der Waals surface area contributed by atoms with Gasteiger partial charge in [-0.1, -0.05) is 13.3 Å². The first-order valence-corrected chi connectivity index (χ1v) is 5.28. The Balaban J connectivity index is 2.33. The molecule has 1 aliphatic heterocycles. The molecule has 0 spiro atoms. The van der Waals surface area contributed by atoms with Crippen molar-refractivity contribution in [3.63, 3.8) is 0 Å². The van der Waals surface area contributed by atoms with Crippen molar-refractivity contribution in [3.05, 3.63) is 5.69 Å². The van der Waals surface area contributed by atoms with Gasteiger partial charge in [0.1, 0.15) is 11.5 Å². The maximum Gasteiger partial charge on any atom is 0.148 e. The quantitative estimate of drug-likeness (QED) is 0.751. The van der Waals surface area contributed by atoms with Gasteiger partial charge in [-0.15, -0.1) is 0 Å². The molecule has 0 fully saturated rings. The molecule has 0 saturated carbocycles. The summed E-state index contributed by atoms with van der Waals surface area (Å²) in [6.07, 6.45) is 2.19. The molecule has 4 nitrogen and oxygen atoms in total. The molecule has 0 aromatic carbocycles. The van der Waals surface area contributed by atoms with E-state index in [0.717, 1.165) is 25.2 Å². The minimum Gasteiger partial charge on any atom is -0.378 e. The lowest BCUT2D eigenvalue weighted by molar-refractivity contribution is 0.721. The Morgan fingerprint density at radius 3 is 3.07 bits per heavy atom. The zero-order chi connectivity index (χ0) is 10.1. The Hall–Kier alpha value is -1.19. The van der Waals surface area contributed by atoms with Crippen LogP contribution in [0.5, 0.6) is 0 Å². The second-order valence-electron chi connectivity index (χ2n) is 3.97. The standard InChI is InChI=1S/C10H18N4/c1-4-5-8-9-10(14(3)13-8)12-7(2)6-11-9/h7,11-12H,4-6H2,1-3H3. The third kappa shape index (κ3) is 1.45. The first-order valence-electron chi connectivity index (χ1n) is 5.28. The average molecular weight is 194 g/mol. The monoisotopic (exact) mass is 194 g/mol. The summed E-state index contributed by atoms with van der Waals surface area (Å²) >= 11 is 0. The van der Waals surface area contributed by atoms with Crippen LogP contribution in [0.2, 0.25) is 0 Å². The molecule has 2 heterocycles. The van der Waals surface area contributed by atoms with Crippen LogP contribution in [0.4, 0.5) is 11.5 Å². The number of nitrogens with one attached hydrogen (secondary N) is 2. The second kappa shape index (κ2) is 3.52. The molecule has 1 aromatic rings. The molecule has 0 saturated heterocycles. The first kappa shape index (κ1) is 9.37. The Morgan fingerprint density at radius 2 is 2.36 bits per heavy atom. The number of rotatable bonds is 2. The van der Waals surface area contributed by atoms with Gasteiger partial charge in [-0.05, 0) is 13.3 Å². The summed E-state index contributed by atoms with van der Waals surface area (Å²) in [5.41, 5.74) is 2.39. The summed E-state index contributed by atoms with van der Waals surface area (Å²) < 4.78 is 1.93. The fourth-order valence-electron chi connectivity index (χ4n) is 1.88. The molecular formula is C10H18N4. The molecule has 2 rings (SSSR count). The molecule has 1 unspecified atom stereocenters. The lowest BCUT2D eigenvalue weighted by Gasteiger charge is -2.23. The Bertz CT molecular complexity index is 329. The minimum atomic E-state index is 0.479. The third-order valence-corrected chi connectivity index (χ3v) is 2.57. The van der Waals surface area contributed by atoms with Gasteiger partial charge >= 0.3 is 0 Å². The predicted octanol–water partition coefficient (Wildman–Crippen LogP) is 1.60. The van der Waals surface area contributed by atoms with Gasteiger partial charge in [0.25, 0.3) is 0 Å². The zero-order valence-electron chi connectivity index (χ0n) is 9.09. The van der Waals surface area contributed by atoms with E-state index in [4.69, 9.17) is 0 Å². The SMILES string of the molecule is CCCc1nn(C)c2c1NCC(C)N2. The highest BCUT2D eigenvalue weighted by Crippen LogP contribution is 2.29. The summed E-state index contributed by atoms with van der Waals surface area (Å²) in [6, 6.07) is 0.479. The van der Waals surface area contributed by atoms with E-state index in [1.165, 1.54) is 11.4 Å². The van der Waals surface area contributed by atoms with Crippen LogP contribution in [0, 0.1) is 0 Å². The van der Waals surface area contributed by atoms with Gasteiger partial charge in [0.05, 0.1) is 5.69 Å². The Labute approximate surface area is 84.7 Å². The molecule has 78 valence electrons. The van der Waals surface area contributed by atoms with Crippen molar-refractivity contribution in [3.8, 4) is 0 Å². The van der Waals surface area contributed by atoms with Crippen LogP contribution in [0.25, 0.3) is 0 Å². The van der Waals surface area contributed by atoms with Gasteiger partial charge in [0, 0.05) is 19.6 Å². The molecule has 1 aromatic heterocycles. The van der Waals surface area contributed by atoms with Gasteiger partial charge in [0.15, 0.2) is 0 Å². The third-order valence-electron chi connectivity index (χ3n) is 2.57.